The number of nitrogens with two attached hydrogens (primary N) is 1. The average Bonchev–Trinajstić information content (AvgIpc) is 2.80. The molecule has 0 aliphatic rings. The third-order valence-corrected chi connectivity index (χ3v) is 5.87. The Balaban J connectivity index is 2.51. The van der Waals surface area contributed by atoms with Gasteiger partial charge in [-0.05, 0) is 25.1 Å². The Hall–Kier alpha value is -1.60. The van der Waals surface area contributed by atoms with Crippen LogP contribution in [0.25, 0.3) is 0 Å². The molecule has 0 unspecified atom stereocenters. The number of nitrogens with zero attached hydrogens (tertiary/aromatic N) is 1. The second-order valence-corrected chi connectivity index (χ2v) is 6.82. The Bertz CT molecular complexity index is 683. The molecule has 0 radical (unpaired) electrons. The highest BCUT2D eigenvalue weighted by Gasteiger charge is 2.26. The molecule has 102 valence electrons. The zero-order chi connectivity index (χ0) is 14.0. The summed E-state index contributed by atoms with van der Waals surface area (Å²) >= 11 is 1.02. The lowest BCUT2D eigenvalue weighted by Gasteiger charge is -2.22. The fourth-order valence-corrected chi connectivity index (χ4v) is 4.37. The van der Waals surface area contributed by atoms with E-state index in [-0.39, 0.29) is 16.4 Å². The number of sulfonamides is 1. The lowest BCUT2D eigenvalue weighted by atomic mass is 10.3. The molecule has 0 fully saturated rings. The zero-order valence-corrected chi connectivity index (χ0v) is 11.8. The van der Waals surface area contributed by atoms with E-state index in [2.05, 4.69) is 0 Å². The van der Waals surface area contributed by atoms with E-state index in [0.717, 1.165) is 15.6 Å². The third kappa shape index (κ3) is 2.57. The van der Waals surface area contributed by atoms with Crippen molar-refractivity contribution in [1.29, 1.82) is 0 Å². The van der Waals surface area contributed by atoms with Gasteiger partial charge in [-0.25, -0.2) is 12.8 Å². The van der Waals surface area contributed by atoms with Crippen LogP contribution in [-0.2, 0) is 10.0 Å². The largest absolute Gasteiger partial charge is 0.398 e. The number of nitrogen functional groups attached to an aromatic ring is 1. The molecular weight excluding hydrogens is 287 g/mol. The van der Waals surface area contributed by atoms with Crippen molar-refractivity contribution in [3.63, 3.8) is 0 Å². The minimum absolute atomic E-state index is 0.0389. The number of rotatable bonds is 4. The Morgan fingerprint density at radius 1 is 1.37 bits per heavy atom. The summed E-state index contributed by atoms with van der Waals surface area (Å²) < 4.78 is 39.8. The van der Waals surface area contributed by atoms with Crippen molar-refractivity contribution < 1.29 is 12.8 Å². The Morgan fingerprint density at radius 2 is 2.05 bits per heavy atom. The van der Waals surface area contributed by atoms with Crippen LogP contribution in [0.2, 0.25) is 0 Å². The number of halogens is 1. The SMILES string of the molecule is CCN(c1ccccc1F)S(=O)(=O)c1cc(N)cs1. The van der Waals surface area contributed by atoms with Crippen molar-refractivity contribution in [3.05, 3.63) is 41.5 Å². The van der Waals surface area contributed by atoms with Gasteiger partial charge in [-0.1, -0.05) is 12.1 Å². The van der Waals surface area contributed by atoms with Crippen molar-refractivity contribution >= 4 is 32.7 Å². The quantitative estimate of drug-likeness (QED) is 0.944. The second-order valence-electron chi connectivity index (χ2n) is 3.82. The van der Waals surface area contributed by atoms with E-state index in [1.807, 2.05) is 0 Å². The summed E-state index contributed by atoms with van der Waals surface area (Å²) in [5.41, 5.74) is 5.96. The number of para-hydroxylation sites is 1. The Kier molecular flexibility index (Phi) is 3.77. The molecule has 4 nitrogen and oxygen atoms in total. The Morgan fingerprint density at radius 3 is 2.58 bits per heavy atom. The topological polar surface area (TPSA) is 63.4 Å². The first kappa shape index (κ1) is 13.8. The third-order valence-electron chi connectivity index (χ3n) is 2.55. The van der Waals surface area contributed by atoms with Gasteiger partial charge in [-0.3, -0.25) is 4.31 Å². The first-order valence-electron chi connectivity index (χ1n) is 5.58. The summed E-state index contributed by atoms with van der Waals surface area (Å²) in [5, 5.41) is 1.54. The fourth-order valence-electron chi connectivity index (χ4n) is 1.70. The van der Waals surface area contributed by atoms with E-state index in [9.17, 15) is 12.8 Å². The van der Waals surface area contributed by atoms with E-state index in [4.69, 9.17) is 5.73 Å². The maximum Gasteiger partial charge on any atom is 0.273 e. The first-order valence-corrected chi connectivity index (χ1v) is 7.90. The highest BCUT2D eigenvalue weighted by molar-refractivity contribution is 7.94. The fraction of sp³-hybridized carbons (Fsp3) is 0.167. The number of hydrogen-bond donors (Lipinski definition) is 1. The van der Waals surface area contributed by atoms with Crippen LogP contribution < -0.4 is 10.0 Å². The predicted octanol–water partition coefficient (Wildman–Crippen LogP) is 2.68. The van der Waals surface area contributed by atoms with Gasteiger partial charge < -0.3 is 5.73 Å². The zero-order valence-electron chi connectivity index (χ0n) is 10.2. The van der Waals surface area contributed by atoms with Crippen molar-refractivity contribution in [2.24, 2.45) is 0 Å². The minimum Gasteiger partial charge on any atom is -0.398 e. The molecule has 2 aromatic rings. The Labute approximate surface area is 115 Å². The molecule has 2 rings (SSSR count). The van der Waals surface area contributed by atoms with Gasteiger partial charge in [0.1, 0.15) is 10.0 Å². The van der Waals surface area contributed by atoms with Crippen molar-refractivity contribution in [1.82, 2.24) is 0 Å². The highest BCUT2D eigenvalue weighted by Crippen LogP contribution is 2.29. The van der Waals surface area contributed by atoms with Crippen molar-refractivity contribution in [3.8, 4) is 0 Å². The lowest BCUT2D eigenvalue weighted by Crippen LogP contribution is -2.30. The van der Waals surface area contributed by atoms with E-state index < -0.39 is 15.8 Å². The monoisotopic (exact) mass is 300 g/mol. The molecule has 0 bridgehead atoms. The molecule has 0 saturated carbocycles. The molecule has 2 N–H and O–H groups in total. The maximum absolute atomic E-state index is 13.8. The molecule has 19 heavy (non-hydrogen) atoms. The van der Waals surface area contributed by atoms with Gasteiger partial charge >= 0.3 is 0 Å². The molecule has 1 aromatic heterocycles. The summed E-state index contributed by atoms with van der Waals surface area (Å²) in [7, 11) is -3.77. The van der Waals surface area contributed by atoms with Gasteiger partial charge in [0.05, 0.1) is 5.69 Å². The molecule has 0 aliphatic carbocycles. The number of anilines is 2. The molecule has 0 atom stereocenters. The van der Waals surface area contributed by atoms with E-state index in [0.29, 0.717) is 5.69 Å². The molecule has 1 heterocycles. The smallest absolute Gasteiger partial charge is 0.273 e. The van der Waals surface area contributed by atoms with Crippen LogP contribution in [0, 0.1) is 5.82 Å². The lowest BCUT2D eigenvalue weighted by molar-refractivity contribution is 0.588. The minimum atomic E-state index is -3.77. The number of thiophene rings is 1. The van der Waals surface area contributed by atoms with Gasteiger partial charge in [0, 0.05) is 17.6 Å². The normalized spacial score (nSPS) is 11.5. The average molecular weight is 300 g/mol. The van der Waals surface area contributed by atoms with E-state index in [1.54, 1.807) is 18.4 Å². The summed E-state index contributed by atoms with van der Waals surface area (Å²) in [4.78, 5) is 0. The van der Waals surface area contributed by atoms with E-state index in [1.165, 1.54) is 24.3 Å². The molecule has 0 amide bonds. The van der Waals surface area contributed by atoms with Crippen LogP contribution in [0.15, 0.2) is 39.9 Å². The first-order chi connectivity index (χ1) is 8.96. The molecule has 1 aromatic carbocycles. The molecule has 7 heteroatoms. The maximum atomic E-state index is 13.8. The van der Waals surface area contributed by atoms with Crippen LogP contribution in [0.1, 0.15) is 6.92 Å². The number of benzene rings is 1. The van der Waals surface area contributed by atoms with Crippen LogP contribution in [0.3, 0.4) is 0 Å². The predicted molar refractivity (Wildman–Crippen MR) is 75.3 cm³/mol. The summed E-state index contributed by atoms with van der Waals surface area (Å²) in [5.74, 6) is -0.572. The van der Waals surface area contributed by atoms with Crippen LogP contribution >= 0.6 is 11.3 Å². The van der Waals surface area contributed by atoms with Gasteiger partial charge in [0.15, 0.2) is 0 Å². The van der Waals surface area contributed by atoms with Crippen LogP contribution in [0.5, 0.6) is 0 Å². The summed E-state index contributed by atoms with van der Waals surface area (Å²) in [6.07, 6.45) is 0. The molecule has 0 saturated heterocycles. The number of hydrogen-bond acceptors (Lipinski definition) is 4. The van der Waals surface area contributed by atoms with Gasteiger partial charge in [0.25, 0.3) is 10.0 Å². The van der Waals surface area contributed by atoms with E-state index >= 15 is 0 Å². The van der Waals surface area contributed by atoms with Gasteiger partial charge in [0.2, 0.25) is 0 Å². The van der Waals surface area contributed by atoms with Gasteiger partial charge in [-0.2, -0.15) is 0 Å². The highest BCUT2D eigenvalue weighted by atomic mass is 32.2. The molecular formula is C12H13FN2O2S2. The van der Waals surface area contributed by atoms with Crippen LogP contribution in [0.4, 0.5) is 15.8 Å². The molecule has 0 spiro atoms. The van der Waals surface area contributed by atoms with Gasteiger partial charge in [-0.15, -0.1) is 11.3 Å². The van der Waals surface area contributed by atoms with Crippen LogP contribution in [-0.4, -0.2) is 15.0 Å². The summed E-state index contributed by atoms with van der Waals surface area (Å²) in [6, 6.07) is 7.16. The molecule has 0 aliphatic heterocycles. The summed E-state index contributed by atoms with van der Waals surface area (Å²) in [6.45, 7) is 1.79. The second kappa shape index (κ2) is 5.18. The van der Waals surface area contributed by atoms with Crippen molar-refractivity contribution in [2.75, 3.05) is 16.6 Å². The standard InChI is InChI=1S/C12H13FN2O2S2/c1-2-15(11-6-4-3-5-10(11)13)19(16,17)12-7-9(14)8-18-12/h3-8H,2,14H2,1H3. The van der Waals surface area contributed by atoms with Crippen molar-refractivity contribution in [2.45, 2.75) is 11.1 Å².